The Morgan fingerprint density at radius 3 is 2.20 bits per heavy atom. The normalized spacial score (nSPS) is 25.4. The van der Waals surface area contributed by atoms with E-state index in [0.717, 1.165) is 38.1 Å². The van der Waals surface area contributed by atoms with Crippen LogP contribution in [0.25, 0.3) is 0 Å². The van der Waals surface area contributed by atoms with Gasteiger partial charge in [0.2, 0.25) is 0 Å². The van der Waals surface area contributed by atoms with Crippen molar-refractivity contribution in [1.29, 1.82) is 0 Å². The highest BCUT2D eigenvalue weighted by atomic mass is 32.1. The molecule has 30 heavy (non-hydrogen) atoms. The van der Waals surface area contributed by atoms with Crippen molar-refractivity contribution in [2.24, 2.45) is 10.4 Å². The fourth-order valence-electron chi connectivity index (χ4n) is 4.18. The number of alkyl halides is 3. The van der Waals surface area contributed by atoms with E-state index in [2.05, 4.69) is 30.7 Å². The van der Waals surface area contributed by atoms with Crippen molar-refractivity contribution in [3.05, 3.63) is 29.8 Å². The van der Waals surface area contributed by atoms with E-state index in [0.29, 0.717) is 10.7 Å². The minimum Gasteiger partial charge on any atom is -0.304 e. The van der Waals surface area contributed by atoms with Crippen LogP contribution in [0.4, 0.5) is 18.9 Å². The minimum absolute atomic E-state index is 0.0903. The second-order valence-electron chi connectivity index (χ2n) is 9.79. The number of aliphatic imine (C=N–C) groups is 1. The van der Waals surface area contributed by atoms with Gasteiger partial charge < -0.3 is 4.90 Å². The molecule has 0 spiro atoms. The molecule has 166 valence electrons. The van der Waals surface area contributed by atoms with E-state index in [9.17, 15) is 13.2 Å². The molecule has 2 aliphatic heterocycles. The number of piperazine rings is 1. The Balaban J connectivity index is 2.12. The average molecular weight is 441 g/mol. The van der Waals surface area contributed by atoms with E-state index in [-0.39, 0.29) is 6.04 Å². The molecular weight excluding hydrogens is 409 g/mol. The van der Waals surface area contributed by atoms with E-state index >= 15 is 0 Å². The zero-order valence-corrected chi connectivity index (χ0v) is 19.4. The van der Waals surface area contributed by atoms with Crippen LogP contribution >= 0.6 is 12.2 Å². The number of halogens is 3. The molecule has 0 aromatic heterocycles. The summed E-state index contributed by atoms with van der Waals surface area (Å²) in [4.78, 5) is 12.0. The van der Waals surface area contributed by atoms with Gasteiger partial charge >= 0.3 is 6.18 Å². The summed E-state index contributed by atoms with van der Waals surface area (Å²) in [5.41, 5.74) is -1.10. The molecule has 0 bridgehead atoms. The first-order valence-corrected chi connectivity index (χ1v) is 10.7. The highest BCUT2D eigenvalue weighted by molar-refractivity contribution is 7.80. The highest BCUT2D eigenvalue weighted by Crippen LogP contribution is 2.42. The zero-order valence-electron chi connectivity index (χ0n) is 18.5. The van der Waals surface area contributed by atoms with Gasteiger partial charge in [-0.05, 0) is 46.0 Å². The van der Waals surface area contributed by atoms with Crippen molar-refractivity contribution in [3.8, 4) is 0 Å². The Morgan fingerprint density at radius 1 is 1.07 bits per heavy atom. The van der Waals surface area contributed by atoms with Crippen molar-refractivity contribution in [2.45, 2.75) is 52.4 Å². The molecule has 1 unspecified atom stereocenters. The summed E-state index contributed by atoms with van der Waals surface area (Å²) < 4.78 is 40.1. The fourth-order valence-corrected chi connectivity index (χ4v) is 4.49. The minimum atomic E-state index is -4.41. The van der Waals surface area contributed by atoms with Gasteiger partial charge in [0.15, 0.2) is 0 Å². The number of hydrogen-bond donors (Lipinski definition) is 0. The van der Waals surface area contributed by atoms with Crippen LogP contribution < -0.4 is 4.90 Å². The predicted molar refractivity (Wildman–Crippen MR) is 120 cm³/mol. The molecule has 0 saturated carbocycles. The number of amidine groups is 1. The number of anilines is 1. The molecule has 1 aromatic rings. The second kappa shape index (κ2) is 7.88. The first kappa shape index (κ1) is 23.2. The third-order valence-electron chi connectivity index (χ3n) is 5.70. The van der Waals surface area contributed by atoms with Crippen LogP contribution in [-0.4, -0.2) is 65.4 Å². The lowest BCUT2D eigenvalue weighted by atomic mass is 9.85. The van der Waals surface area contributed by atoms with Crippen molar-refractivity contribution in [1.82, 2.24) is 9.80 Å². The monoisotopic (exact) mass is 440 g/mol. The molecule has 0 aliphatic carbocycles. The summed E-state index contributed by atoms with van der Waals surface area (Å²) >= 11 is 5.86. The Hall–Kier alpha value is -1.51. The second-order valence-corrected chi connectivity index (χ2v) is 10.2. The quantitative estimate of drug-likeness (QED) is 0.622. The van der Waals surface area contributed by atoms with Crippen molar-refractivity contribution in [3.63, 3.8) is 0 Å². The van der Waals surface area contributed by atoms with Gasteiger partial charge in [-0.2, -0.15) is 13.2 Å². The SMILES string of the molecule is CN1CCN(C2C(=NC(C)(C)C)N(c3cccc(C(F)(F)F)c3)C(=S)C2(C)C)CC1. The number of thiocarbonyl (C=S) groups is 1. The van der Waals surface area contributed by atoms with Crippen LogP contribution in [0.3, 0.4) is 0 Å². The molecule has 8 heteroatoms. The number of rotatable bonds is 2. The molecule has 3 rings (SSSR count). The van der Waals surface area contributed by atoms with Gasteiger partial charge in [-0.15, -0.1) is 0 Å². The smallest absolute Gasteiger partial charge is 0.304 e. The topological polar surface area (TPSA) is 22.1 Å². The van der Waals surface area contributed by atoms with E-state index in [1.54, 1.807) is 11.0 Å². The molecule has 1 atom stereocenters. The van der Waals surface area contributed by atoms with Gasteiger partial charge in [0.25, 0.3) is 0 Å². The molecule has 2 fully saturated rings. The van der Waals surface area contributed by atoms with Gasteiger partial charge in [-0.25, -0.2) is 0 Å². The number of hydrogen-bond acceptors (Lipinski definition) is 4. The molecule has 0 amide bonds. The standard InChI is InChI=1S/C22H31F3N4S/c1-20(2,3)26-18-17(28-12-10-27(6)11-13-28)21(4,5)19(30)29(18)16-9-7-8-15(14-16)22(23,24)25/h7-9,14,17H,10-13H2,1-6H3. The lowest BCUT2D eigenvalue weighted by Crippen LogP contribution is -2.55. The average Bonchev–Trinajstić information content (AvgIpc) is 2.80. The largest absolute Gasteiger partial charge is 0.416 e. The molecule has 2 saturated heterocycles. The van der Waals surface area contributed by atoms with E-state index < -0.39 is 22.7 Å². The third-order valence-corrected chi connectivity index (χ3v) is 6.40. The predicted octanol–water partition coefficient (Wildman–Crippen LogP) is 4.69. The summed E-state index contributed by atoms with van der Waals surface area (Å²) in [5, 5.41) is 0. The van der Waals surface area contributed by atoms with E-state index in [1.165, 1.54) is 12.1 Å². The van der Waals surface area contributed by atoms with Gasteiger partial charge in [-0.3, -0.25) is 14.8 Å². The Labute approximate surface area is 182 Å². The molecular formula is C22H31F3N4S. The van der Waals surface area contributed by atoms with Gasteiger partial charge in [0.05, 0.1) is 22.1 Å². The first-order valence-electron chi connectivity index (χ1n) is 10.3. The van der Waals surface area contributed by atoms with Crippen LogP contribution in [0.1, 0.15) is 40.2 Å². The third kappa shape index (κ3) is 4.55. The Morgan fingerprint density at radius 2 is 1.67 bits per heavy atom. The first-order chi connectivity index (χ1) is 13.7. The summed E-state index contributed by atoms with van der Waals surface area (Å²) in [5.74, 6) is 0.737. The van der Waals surface area contributed by atoms with Crippen molar-refractivity contribution in [2.75, 3.05) is 38.1 Å². The molecule has 2 heterocycles. The number of nitrogens with zero attached hydrogens (tertiary/aromatic N) is 4. The summed E-state index contributed by atoms with van der Waals surface area (Å²) in [6.45, 7) is 13.8. The Bertz CT molecular complexity index is 834. The van der Waals surface area contributed by atoms with Crippen LogP contribution in [-0.2, 0) is 6.18 Å². The lowest BCUT2D eigenvalue weighted by Gasteiger charge is -2.41. The van der Waals surface area contributed by atoms with Gasteiger partial charge in [0, 0.05) is 37.3 Å². The maximum atomic E-state index is 13.4. The van der Waals surface area contributed by atoms with E-state index in [4.69, 9.17) is 17.2 Å². The summed E-state index contributed by atoms with van der Waals surface area (Å²) in [7, 11) is 2.10. The maximum Gasteiger partial charge on any atom is 0.416 e. The molecule has 0 radical (unpaired) electrons. The molecule has 4 nitrogen and oxygen atoms in total. The fraction of sp³-hybridized carbons (Fsp3) is 0.636. The highest BCUT2D eigenvalue weighted by Gasteiger charge is 2.53. The molecule has 0 N–H and O–H groups in total. The summed E-state index contributed by atoms with van der Waals surface area (Å²) in [6.07, 6.45) is -4.41. The van der Waals surface area contributed by atoms with Crippen molar-refractivity contribution < 1.29 is 13.2 Å². The maximum absolute atomic E-state index is 13.4. The molecule has 1 aromatic carbocycles. The summed E-state index contributed by atoms with van der Waals surface area (Å²) in [6, 6.07) is 5.29. The lowest BCUT2D eigenvalue weighted by molar-refractivity contribution is -0.137. The number of likely N-dealkylation sites (N-methyl/N-ethyl adjacent to an activating group) is 1. The van der Waals surface area contributed by atoms with Crippen molar-refractivity contribution >= 4 is 28.7 Å². The van der Waals surface area contributed by atoms with E-state index in [1.807, 2.05) is 20.8 Å². The zero-order chi connectivity index (χ0) is 22.5. The van der Waals surface area contributed by atoms with Gasteiger partial charge in [0.1, 0.15) is 5.84 Å². The van der Waals surface area contributed by atoms with Crippen LogP contribution in [0.15, 0.2) is 29.3 Å². The Kier molecular flexibility index (Phi) is 6.08. The van der Waals surface area contributed by atoms with Crippen LogP contribution in [0.2, 0.25) is 0 Å². The van der Waals surface area contributed by atoms with Crippen LogP contribution in [0, 0.1) is 5.41 Å². The van der Waals surface area contributed by atoms with Gasteiger partial charge in [-0.1, -0.05) is 32.1 Å². The molecule has 2 aliphatic rings. The number of benzene rings is 1. The van der Waals surface area contributed by atoms with Crippen LogP contribution in [0.5, 0.6) is 0 Å².